The lowest BCUT2D eigenvalue weighted by Crippen LogP contribution is -2.46. The quantitative estimate of drug-likeness (QED) is 0.495. The van der Waals surface area contributed by atoms with Gasteiger partial charge in [0.1, 0.15) is 6.10 Å². The summed E-state index contributed by atoms with van der Waals surface area (Å²) in [6.07, 6.45) is 4.30. The Hall–Kier alpha value is -0.500. The number of esters is 1. The fourth-order valence-electron chi connectivity index (χ4n) is 4.26. The number of hydrogen-bond acceptors (Lipinski definition) is 2. The van der Waals surface area contributed by atoms with Crippen molar-refractivity contribution < 1.29 is 9.53 Å². The maximum atomic E-state index is 11.7. The molecule has 3 aliphatic rings. The Kier molecular flexibility index (Phi) is 2.78. The molecule has 5 atom stereocenters. The number of halogens is 1. The van der Waals surface area contributed by atoms with Gasteiger partial charge in [-0.25, -0.2) is 4.79 Å². The normalized spacial score (nSPS) is 47.7. The van der Waals surface area contributed by atoms with Gasteiger partial charge in [-0.15, -0.1) is 11.6 Å². The van der Waals surface area contributed by atoms with E-state index >= 15 is 0 Å². The Labute approximate surface area is 114 Å². The molecule has 0 amide bonds. The van der Waals surface area contributed by atoms with Crippen LogP contribution in [0, 0.1) is 17.3 Å². The van der Waals surface area contributed by atoms with Gasteiger partial charge in [0.2, 0.25) is 0 Å². The standard InChI is InChI=1S/C15H21ClO2/c1-8-10-6-11-9(2)12(16)4-5-15(11,3)7-13(10)18-14(8)17/h9,11-13H,4-7H2,1-3H3/t9-,11-,12+,13+,15-/m1/s1. The van der Waals surface area contributed by atoms with Gasteiger partial charge in [-0.3, -0.25) is 0 Å². The van der Waals surface area contributed by atoms with Crippen LogP contribution in [-0.2, 0) is 9.53 Å². The van der Waals surface area contributed by atoms with Crippen molar-refractivity contribution in [2.45, 2.75) is 57.9 Å². The largest absolute Gasteiger partial charge is 0.454 e. The molecule has 0 aromatic rings. The molecule has 0 radical (unpaired) electrons. The van der Waals surface area contributed by atoms with Gasteiger partial charge in [-0.05, 0) is 55.4 Å². The van der Waals surface area contributed by atoms with Gasteiger partial charge in [0.05, 0.1) is 0 Å². The topological polar surface area (TPSA) is 26.3 Å². The average Bonchev–Trinajstić information content (AvgIpc) is 2.58. The molecule has 1 aliphatic heterocycles. The van der Waals surface area contributed by atoms with E-state index in [2.05, 4.69) is 13.8 Å². The summed E-state index contributed by atoms with van der Waals surface area (Å²) in [6.45, 7) is 6.54. The third kappa shape index (κ3) is 1.65. The summed E-state index contributed by atoms with van der Waals surface area (Å²) in [6, 6.07) is 0. The Balaban J connectivity index is 1.94. The smallest absolute Gasteiger partial charge is 0.334 e. The molecular weight excluding hydrogens is 248 g/mol. The van der Waals surface area contributed by atoms with Crippen LogP contribution in [0.2, 0.25) is 0 Å². The minimum atomic E-state index is -0.104. The highest BCUT2D eigenvalue weighted by molar-refractivity contribution is 6.20. The summed E-state index contributed by atoms with van der Waals surface area (Å²) in [5, 5.41) is 0.290. The highest BCUT2D eigenvalue weighted by Gasteiger charge is 2.51. The molecule has 0 spiro atoms. The maximum absolute atomic E-state index is 11.7. The zero-order valence-corrected chi connectivity index (χ0v) is 12.1. The predicted molar refractivity (Wildman–Crippen MR) is 71.5 cm³/mol. The highest BCUT2D eigenvalue weighted by atomic mass is 35.5. The third-order valence-electron chi connectivity index (χ3n) is 5.61. The van der Waals surface area contributed by atoms with E-state index in [-0.39, 0.29) is 12.1 Å². The van der Waals surface area contributed by atoms with Crippen molar-refractivity contribution in [3.05, 3.63) is 11.1 Å². The van der Waals surface area contributed by atoms with E-state index in [4.69, 9.17) is 16.3 Å². The summed E-state index contributed by atoms with van der Waals surface area (Å²) in [5.41, 5.74) is 2.40. The number of ether oxygens (including phenoxy) is 1. The van der Waals surface area contributed by atoms with Gasteiger partial charge in [0, 0.05) is 11.0 Å². The van der Waals surface area contributed by atoms with Crippen molar-refractivity contribution in [1.82, 2.24) is 0 Å². The van der Waals surface area contributed by atoms with E-state index in [9.17, 15) is 4.79 Å². The van der Waals surface area contributed by atoms with Crippen molar-refractivity contribution in [2.75, 3.05) is 0 Å². The van der Waals surface area contributed by atoms with Crippen molar-refractivity contribution in [2.24, 2.45) is 17.3 Å². The van der Waals surface area contributed by atoms with Gasteiger partial charge < -0.3 is 4.74 Å². The van der Waals surface area contributed by atoms with Crippen molar-refractivity contribution >= 4 is 17.6 Å². The second-order valence-electron chi connectivity index (χ2n) is 6.63. The molecule has 0 N–H and O–H groups in total. The van der Waals surface area contributed by atoms with Crippen molar-refractivity contribution in [3.63, 3.8) is 0 Å². The van der Waals surface area contributed by atoms with E-state index < -0.39 is 0 Å². The van der Waals surface area contributed by atoms with Crippen LogP contribution < -0.4 is 0 Å². The Morgan fingerprint density at radius 2 is 2.17 bits per heavy atom. The Bertz CT molecular complexity index is 428. The summed E-state index contributed by atoms with van der Waals surface area (Å²) in [5.74, 6) is 1.03. The van der Waals surface area contributed by atoms with Gasteiger partial charge in [0.25, 0.3) is 0 Å². The van der Waals surface area contributed by atoms with Crippen LogP contribution in [0.5, 0.6) is 0 Å². The zero-order valence-electron chi connectivity index (χ0n) is 11.3. The first kappa shape index (κ1) is 12.5. The van der Waals surface area contributed by atoms with Crippen LogP contribution >= 0.6 is 11.6 Å². The van der Waals surface area contributed by atoms with Crippen LogP contribution in [0.25, 0.3) is 0 Å². The molecule has 2 fully saturated rings. The van der Waals surface area contributed by atoms with Crippen LogP contribution in [0.4, 0.5) is 0 Å². The summed E-state index contributed by atoms with van der Waals surface area (Å²) >= 11 is 6.44. The first-order valence-corrected chi connectivity index (χ1v) is 7.41. The lowest BCUT2D eigenvalue weighted by atomic mass is 9.55. The monoisotopic (exact) mass is 268 g/mol. The molecule has 1 heterocycles. The second-order valence-corrected chi connectivity index (χ2v) is 7.19. The average molecular weight is 269 g/mol. The fraction of sp³-hybridized carbons (Fsp3) is 0.800. The molecule has 2 nitrogen and oxygen atoms in total. The van der Waals surface area contributed by atoms with E-state index in [1.807, 2.05) is 6.92 Å². The van der Waals surface area contributed by atoms with Crippen LogP contribution in [0.1, 0.15) is 46.5 Å². The van der Waals surface area contributed by atoms with E-state index in [1.54, 1.807) is 0 Å². The van der Waals surface area contributed by atoms with Crippen molar-refractivity contribution in [3.8, 4) is 0 Å². The number of rotatable bonds is 0. The second kappa shape index (κ2) is 4.00. The molecule has 100 valence electrons. The highest BCUT2D eigenvalue weighted by Crippen LogP contribution is 2.56. The first-order valence-electron chi connectivity index (χ1n) is 6.97. The van der Waals surface area contributed by atoms with Crippen LogP contribution in [0.15, 0.2) is 11.1 Å². The Morgan fingerprint density at radius 3 is 2.89 bits per heavy atom. The van der Waals surface area contributed by atoms with Crippen LogP contribution in [-0.4, -0.2) is 17.5 Å². The molecule has 0 saturated heterocycles. The lowest BCUT2D eigenvalue weighted by molar-refractivity contribution is -0.142. The zero-order chi connectivity index (χ0) is 13.1. The third-order valence-corrected chi connectivity index (χ3v) is 6.22. The molecule has 0 unspecified atom stereocenters. The molecule has 18 heavy (non-hydrogen) atoms. The van der Waals surface area contributed by atoms with E-state index in [1.165, 1.54) is 5.57 Å². The molecule has 2 saturated carbocycles. The van der Waals surface area contributed by atoms with E-state index in [0.29, 0.717) is 22.6 Å². The van der Waals surface area contributed by atoms with Gasteiger partial charge in [-0.1, -0.05) is 13.8 Å². The maximum Gasteiger partial charge on any atom is 0.334 e. The first-order chi connectivity index (χ1) is 8.42. The number of carbonyl (C=O) groups is 1. The van der Waals surface area contributed by atoms with E-state index in [0.717, 1.165) is 31.3 Å². The SMILES string of the molecule is CC1=C2C[C@@H]3[C@@H](C)[C@@H](Cl)CC[C@]3(C)C[C@@H]2OC1=O. The molecule has 0 bridgehead atoms. The summed E-state index contributed by atoms with van der Waals surface area (Å²) < 4.78 is 5.51. The van der Waals surface area contributed by atoms with Crippen molar-refractivity contribution in [1.29, 1.82) is 0 Å². The minimum Gasteiger partial charge on any atom is -0.454 e. The lowest BCUT2D eigenvalue weighted by Gasteiger charge is -2.51. The molecule has 3 rings (SSSR count). The molecule has 0 aromatic carbocycles. The number of alkyl halides is 1. The number of hydrogen-bond donors (Lipinski definition) is 0. The number of fused-ring (bicyclic) bond motifs is 2. The van der Waals surface area contributed by atoms with Gasteiger partial charge in [0.15, 0.2) is 0 Å². The summed E-state index contributed by atoms with van der Waals surface area (Å²) in [7, 11) is 0. The molecule has 2 aliphatic carbocycles. The molecule has 0 aromatic heterocycles. The molecule has 3 heteroatoms. The number of carbonyl (C=O) groups excluding carboxylic acids is 1. The van der Waals surface area contributed by atoms with Crippen LogP contribution in [0.3, 0.4) is 0 Å². The predicted octanol–water partition coefficient (Wildman–Crippen LogP) is 3.68. The minimum absolute atomic E-state index is 0.0535. The molecular formula is C15H21ClO2. The van der Waals surface area contributed by atoms with Gasteiger partial charge >= 0.3 is 5.97 Å². The summed E-state index contributed by atoms with van der Waals surface area (Å²) in [4.78, 5) is 11.7. The Morgan fingerprint density at radius 1 is 1.44 bits per heavy atom. The fourth-order valence-corrected chi connectivity index (χ4v) is 4.54. The van der Waals surface area contributed by atoms with Gasteiger partial charge in [-0.2, -0.15) is 0 Å².